The number of aromatic nitrogens is 2. The number of hydrogen-bond acceptors (Lipinski definition) is 8. The molecule has 0 spiro atoms. The van der Waals surface area contributed by atoms with Gasteiger partial charge >= 0.3 is 0 Å². The van der Waals surface area contributed by atoms with Crippen LogP contribution in [0.2, 0.25) is 0 Å². The summed E-state index contributed by atoms with van der Waals surface area (Å²) in [6.45, 7) is 8.63. The monoisotopic (exact) mass is 576 g/mol. The molecular formula is C28H41FN6O4S. The molecule has 2 aromatic rings. The SMILES string of the molecule is CCN(C(=O)c1cc(F)ccc1Oc1cncnc1N1CC[C@H](NC[C@H]2CC[C@H](NS(C)(=O)=O)CC2)C1)C(C)C. The summed E-state index contributed by atoms with van der Waals surface area (Å²) in [4.78, 5) is 25.7. The number of nitrogens with zero attached hydrogens (tertiary/aromatic N) is 4. The van der Waals surface area contributed by atoms with E-state index >= 15 is 0 Å². The third-order valence-corrected chi connectivity index (χ3v) is 8.45. The zero-order valence-electron chi connectivity index (χ0n) is 23.8. The smallest absolute Gasteiger partial charge is 0.257 e. The van der Waals surface area contributed by atoms with Gasteiger partial charge in [-0.3, -0.25) is 4.79 Å². The number of halogens is 1. The van der Waals surface area contributed by atoms with Crippen molar-refractivity contribution in [2.24, 2.45) is 5.92 Å². The highest BCUT2D eigenvalue weighted by molar-refractivity contribution is 7.88. The van der Waals surface area contributed by atoms with Gasteiger partial charge in [0.2, 0.25) is 10.0 Å². The number of nitrogens with one attached hydrogen (secondary N) is 2. The van der Waals surface area contributed by atoms with E-state index in [1.54, 1.807) is 11.1 Å². The Hall–Kier alpha value is -2.83. The Labute approximate surface area is 236 Å². The first kappa shape index (κ1) is 30.1. The number of hydrogen-bond donors (Lipinski definition) is 2. The highest BCUT2D eigenvalue weighted by Crippen LogP contribution is 2.34. The Morgan fingerprint density at radius 3 is 2.60 bits per heavy atom. The molecular weight excluding hydrogens is 535 g/mol. The predicted molar refractivity (Wildman–Crippen MR) is 153 cm³/mol. The second-order valence-corrected chi connectivity index (χ2v) is 12.9. The van der Waals surface area contributed by atoms with Gasteiger partial charge in [-0.1, -0.05) is 0 Å². The molecule has 0 bridgehead atoms. The van der Waals surface area contributed by atoms with E-state index in [4.69, 9.17) is 4.74 Å². The zero-order chi connectivity index (χ0) is 28.9. The van der Waals surface area contributed by atoms with Gasteiger partial charge in [-0.2, -0.15) is 0 Å². The van der Waals surface area contributed by atoms with Crippen LogP contribution in [-0.2, 0) is 10.0 Å². The molecule has 1 aliphatic carbocycles. The fourth-order valence-corrected chi connectivity index (χ4v) is 6.48. The topological polar surface area (TPSA) is 117 Å². The number of carbonyl (C=O) groups is 1. The van der Waals surface area contributed by atoms with E-state index in [2.05, 4.69) is 24.9 Å². The summed E-state index contributed by atoms with van der Waals surface area (Å²) in [7, 11) is -3.17. The highest BCUT2D eigenvalue weighted by atomic mass is 32.2. The lowest BCUT2D eigenvalue weighted by Crippen LogP contribution is -2.40. The van der Waals surface area contributed by atoms with Crippen molar-refractivity contribution in [3.8, 4) is 11.5 Å². The Morgan fingerprint density at radius 1 is 1.18 bits per heavy atom. The summed E-state index contributed by atoms with van der Waals surface area (Å²) < 4.78 is 46.1. The van der Waals surface area contributed by atoms with Crippen molar-refractivity contribution < 1.29 is 22.3 Å². The van der Waals surface area contributed by atoms with Gasteiger partial charge in [0, 0.05) is 37.8 Å². The van der Waals surface area contributed by atoms with E-state index in [9.17, 15) is 17.6 Å². The van der Waals surface area contributed by atoms with Crippen LogP contribution in [0.1, 0.15) is 63.2 Å². The van der Waals surface area contributed by atoms with Crippen molar-refractivity contribution in [1.29, 1.82) is 0 Å². The molecule has 220 valence electrons. The number of sulfonamides is 1. The van der Waals surface area contributed by atoms with Gasteiger partial charge in [-0.25, -0.2) is 27.5 Å². The van der Waals surface area contributed by atoms with Crippen LogP contribution in [0, 0.1) is 11.7 Å². The van der Waals surface area contributed by atoms with E-state index in [1.165, 1.54) is 30.8 Å². The molecule has 1 aromatic carbocycles. The van der Waals surface area contributed by atoms with Crippen LogP contribution < -0.4 is 19.7 Å². The molecule has 1 aliphatic heterocycles. The average molecular weight is 577 g/mol. The van der Waals surface area contributed by atoms with Gasteiger partial charge in [0.15, 0.2) is 11.6 Å². The molecule has 1 atom stereocenters. The van der Waals surface area contributed by atoms with Gasteiger partial charge < -0.3 is 19.9 Å². The van der Waals surface area contributed by atoms with Crippen LogP contribution in [0.5, 0.6) is 11.5 Å². The maximum atomic E-state index is 14.2. The quantitative estimate of drug-likeness (QED) is 0.417. The van der Waals surface area contributed by atoms with Crippen LogP contribution in [-0.4, -0.2) is 79.8 Å². The molecule has 1 amide bonds. The summed E-state index contributed by atoms with van der Waals surface area (Å²) >= 11 is 0. The molecule has 40 heavy (non-hydrogen) atoms. The molecule has 2 heterocycles. The first-order valence-corrected chi connectivity index (χ1v) is 16.0. The Bertz CT molecular complexity index is 1270. The second-order valence-electron chi connectivity index (χ2n) is 11.1. The summed E-state index contributed by atoms with van der Waals surface area (Å²) in [6, 6.07) is 4.24. The number of amides is 1. The third kappa shape index (κ3) is 7.88. The van der Waals surface area contributed by atoms with Crippen LogP contribution in [0.3, 0.4) is 0 Å². The van der Waals surface area contributed by atoms with Crippen molar-refractivity contribution in [1.82, 2.24) is 24.9 Å². The van der Waals surface area contributed by atoms with Gasteiger partial charge in [0.1, 0.15) is 17.9 Å². The van der Waals surface area contributed by atoms with Crippen LogP contribution in [0.15, 0.2) is 30.7 Å². The molecule has 4 rings (SSSR count). The van der Waals surface area contributed by atoms with E-state index in [0.717, 1.165) is 51.7 Å². The molecule has 1 aromatic heterocycles. The molecule has 2 N–H and O–H groups in total. The lowest BCUT2D eigenvalue weighted by Gasteiger charge is -2.29. The number of ether oxygens (including phenoxy) is 1. The largest absolute Gasteiger partial charge is 0.451 e. The standard InChI is InChI=1S/C28H41FN6O4S/c1-5-35(19(2)3)28(36)24-14-21(29)8-11-25(24)39-26-16-30-18-32-27(26)34-13-12-23(17-34)31-15-20-6-9-22(10-7-20)33-40(4,37)38/h8,11,14,16,18-20,22-23,31,33H,5-7,9-10,12-13,15,17H2,1-4H3/t20-,22-,23-/m0/s1. The maximum absolute atomic E-state index is 14.2. The van der Waals surface area contributed by atoms with E-state index in [1.807, 2.05) is 20.8 Å². The fourth-order valence-electron chi connectivity index (χ4n) is 5.63. The zero-order valence-corrected chi connectivity index (χ0v) is 24.6. The van der Waals surface area contributed by atoms with Crippen molar-refractivity contribution in [3.05, 3.63) is 42.1 Å². The first-order valence-electron chi connectivity index (χ1n) is 14.1. The first-order chi connectivity index (χ1) is 19.0. The molecule has 1 saturated heterocycles. The Morgan fingerprint density at radius 2 is 1.93 bits per heavy atom. The van der Waals surface area contributed by atoms with E-state index in [0.29, 0.717) is 24.0 Å². The third-order valence-electron chi connectivity index (χ3n) is 7.69. The lowest BCUT2D eigenvalue weighted by molar-refractivity contribution is 0.0713. The number of anilines is 1. The second kappa shape index (κ2) is 13.2. The summed E-state index contributed by atoms with van der Waals surface area (Å²) in [5.74, 6) is 1.02. The summed E-state index contributed by atoms with van der Waals surface area (Å²) in [6.07, 6.45) is 8.90. The highest BCUT2D eigenvalue weighted by Gasteiger charge is 2.29. The van der Waals surface area contributed by atoms with Crippen LogP contribution in [0.4, 0.5) is 10.2 Å². The van der Waals surface area contributed by atoms with Crippen molar-refractivity contribution in [2.75, 3.05) is 37.3 Å². The molecule has 12 heteroatoms. The summed E-state index contributed by atoms with van der Waals surface area (Å²) in [5, 5.41) is 3.69. The Kier molecular flexibility index (Phi) is 9.96. The maximum Gasteiger partial charge on any atom is 0.257 e. The van der Waals surface area contributed by atoms with E-state index < -0.39 is 15.8 Å². The minimum atomic E-state index is -3.17. The Balaban J connectivity index is 1.38. The normalized spacial score (nSPS) is 21.6. The van der Waals surface area contributed by atoms with Crippen LogP contribution >= 0.6 is 0 Å². The molecule has 10 nitrogen and oxygen atoms in total. The lowest BCUT2D eigenvalue weighted by atomic mass is 9.86. The molecule has 2 aliphatic rings. The van der Waals surface area contributed by atoms with Crippen LogP contribution in [0.25, 0.3) is 0 Å². The number of rotatable bonds is 11. The minimum Gasteiger partial charge on any atom is -0.451 e. The molecule has 2 fully saturated rings. The van der Waals surface area contributed by atoms with Crippen molar-refractivity contribution in [3.63, 3.8) is 0 Å². The van der Waals surface area contributed by atoms with Gasteiger partial charge in [-0.15, -0.1) is 0 Å². The van der Waals surface area contributed by atoms with Crippen molar-refractivity contribution in [2.45, 2.75) is 71.0 Å². The van der Waals surface area contributed by atoms with Gasteiger partial charge in [0.25, 0.3) is 5.91 Å². The van der Waals surface area contributed by atoms with Crippen molar-refractivity contribution >= 4 is 21.7 Å². The average Bonchev–Trinajstić information content (AvgIpc) is 3.38. The fraction of sp³-hybridized carbons (Fsp3) is 0.607. The van der Waals surface area contributed by atoms with E-state index in [-0.39, 0.29) is 35.3 Å². The molecule has 0 radical (unpaired) electrons. The van der Waals surface area contributed by atoms with Gasteiger partial charge in [0.05, 0.1) is 18.0 Å². The number of carbonyl (C=O) groups excluding carboxylic acids is 1. The molecule has 1 saturated carbocycles. The van der Waals surface area contributed by atoms with Gasteiger partial charge in [-0.05, 0) is 83.5 Å². The molecule has 0 unspecified atom stereocenters. The minimum absolute atomic E-state index is 0.0387. The number of benzene rings is 1. The summed E-state index contributed by atoms with van der Waals surface area (Å²) in [5.41, 5.74) is 0.160. The predicted octanol–water partition coefficient (Wildman–Crippen LogP) is 3.55.